The quantitative estimate of drug-likeness (QED) is 0.0204. The summed E-state index contributed by atoms with van der Waals surface area (Å²) in [6.45, 7) is 2.86. The number of aliphatic hydroxyl groups excluding tert-OH is 8. The Kier molecular flexibility index (Phi) is 46.2. The van der Waals surface area contributed by atoms with Crippen LogP contribution in [0.5, 0.6) is 0 Å². The Labute approximate surface area is 474 Å². The minimum atomic E-state index is -1.78. The second kappa shape index (κ2) is 49.8. The van der Waals surface area contributed by atoms with Crippen LogP contribution >= 0.6 is 0 Å². The zero-order chi connectivity index (χ0) is 56.7. The van der Waals surface area contributed by atoms with Gasteiger partial charge in [0.05, 0.1) is 32.0 Å². The molecule has 0 aromatic rings. The van der Waals surface area contributed by atoms with Crippen molar-refractivity contribution in [2.24, 2.45) is 0 Å². The fourth-order valence-corrected chi connectivity index (χ4v) is 10.7. The molecule has 0 saturated carbocycles. The van der Waals surface area contributed by atoms with Crippen molar-refractivity contribution >= 4 is 5.91 Å². The molecular formula is C64H119NO13. The van der Waals surface area contributed by atoms with E-state index in [2.05, 4.69) is 55.6 Å². The molecule has 0 radical (unpaired) electrons. The summed E-state index contributed by atoms with van der Waals surface area (Å²) in [6.07, 6.45) is 44.4. The largest absolute Gasteiger partial charge is 0.394 e. The van der Waals surface area contributed by atoms with E-state index in [9.17, 15) is 45.6 Å². The van der Waals surface area contributed by atoms with Gasteiger partial charge in [-0.25, -0.2) is 0 Å². The second-order valence-electron chi connectivity index (χ2n) is 22.9. The van der Waals surface area contributed by atoms with Gasteiger partial charge in [-0.05, 0) is 51.4 Å². The van der Waals surface area contributed by atoms with Gasteiger partial charge >= 0.3 is 0 Å². The molecule has 78 heavy (non-hydrogen) atoms. The van der Waals surface area contributed by atoms with Crippen molar-refractivity contribution in [1.82, 2.24) is 5.32 Å². The topological polar surface area (TPSA) is 228 Å². The highest BCUT2D eigenvalue weighted by Gasteiger charge is 2.51. The molecule has 14 nitrogen and oxygen atoms in total. The predicted molar refractivity (Wildman–Crippen MR) is 314 cm³/mol. The highest BCUT2D eigenvalue weighted by atomic mass is 16.7. The van der Waals surface area contributed by atoms with Crippen LogP contribution in [0.4, 0.5) is 0 Å². The van der Waals surface area contributed by atoms with Crippen LogP contribution in [0.1, 0.15) is 271 Å². The molecule has 2 rings (SSSR count). The number of hydrogen-bond donors (Lipinski definition) is 9. The summed E-state index contributed by atoms with van der Waals surface area (Å²) >= 11 is 0. The molecular weight excluding hydrogens is 991 g/mol. The van der Waals surface area contributed by atoms with E-state index in [1.54, 1.807) is 0 Å². The lowest BCUT2D eigenvalue weighted by Gasteiger charge is -2.46. The van der Waals surface area contributed by atoms with Crippen LogP contribution in [0.3, 0.4) is 0 Å². The van der Waals surface area contributed by atoms with Crippen molar-refractivity contribution in [1.29, 1.82) is 0 Å². The third kappa shape index (κ3) is 34.6. The van der Waals surface area contributed by atoms with Gasteiger partial charge in [-0.15, -0.1) is 0 Å². The number of ether oxygens (including phenoxy) is 4. The van der Waals surface area contributed by atoms with Gasteiger partial charge in [0.15, 0.2) is 12.6 Å². The van der Waals surface area contributed by atoms with E-state index >= 15 is 0 Å². The van der Waals surface area contributed by atoms with Crippen molar-refractivity contribution in [2.45, 2.75) is 344 Å². The van der Waals surface area contributed by atoms with Gasteiger partial charge < -0.3 is 65.1 Å². The number of rotatable bonds is 52. The summed E-state index contributed by atoms with van der Waals surface area (Å²) in [5.74, 6) is -0.205. The Morgan fingerprint density at radius 2 is 0.846 bits per heavy atom. The van der Waals surface area contributed by atoms with E-state index in [-0.39, 0.29) is 12.5 Å². The molecule has 2 saturated heterocycles. The number of amides is 1. The van der Waals surface area contributed by atoms with Gasteiger partial charge in [0.25, 0.3) is 0 Å². The van der Waals surface area contributed by atoms with Crippen LogP contribution in [-0.4, -0.2) is 140 Å². The molecule has 0 aromatic carbocycles. The number of carbonyl (C=O) groups is 1. The molecule has 0 bridgehead atoms. The molecule has 12 atom stereocenters. The summed E-state index contributed by atoms with van der Waals surface area (Å²) in [4.78, 5) is 13.3. The molecule has 2 fully saturated rings. The minimum Gasteiger partial charge on any atom is -0.394 e. The highest BCUT2D eigenvalue weighted by molar-refractivity contribution is 5.76. The van der Waals surface area contributed by atoms with E-state index in [1.807, 2.05) is 0 Å². The summed E-state index contributed by atoms with van der Waals surface area (Å²) in [7, 11) is 0. The van der Waals surface area contributed by atoms with E-state index in [0.29, 0.717) is 12.8 Å². The summed E-state index contributed by atoms with van der Waals surface area (Å²) in [5.41, 5.74) is 0. The smallest absolute Gasteiger partial charge is 0.220 e. The molecule has 2 aliphatic rings. The average molecular weight is 1110 g/mol. The SMILES string of the molecule is CCCCCCC/C=C\C/C=C\C/C=C\CCCCCCCCCCCCCCCCCCC(=O)NC(COC1OC(CO)C(OC2OC(CO)C(O)C(O)C2O)C(O)C1O)C(O)CCCCCCCCCCCCCCC. The molecule has 2 aliphatic heterocycles. The number of carbonyl (C=O) groups excluding carboxylic acids is 1. The van der Waals surface area contributed by atoms with Gasteiger partial charge in [0, 0.05) is 6.42 Å². The zero-order valence-corrected chi connectivity index (χ0v) is 49.4. The third-order valence-corrected chi connectivity index (χ3v) is 15.9. The van der Waals surface area contributed by atoms with Crippen molar-refractivity contribution in [3.05, 3.63) is 36.5 Å². The van der Waals surface area contributed by atoms with Crippen molar-refractivity contribution < 1.29 is 64.6 Å². The van der Waals surface area contributed by atoms with Crippen molar-refractivity contribution in [3.8, 4) is 0 Å². The minimum absolute atomic E-state index is 0.205. The van der Waals surface area contributed by atoms with Crippen LogP contribution in [0, 0.1) is 0 Å². The summed E-state index contributed by atoms with van der Waals surface area (Å²) in [6, 6.07) is -0.827. The normalized spacial score (nSPS) is 24.7. The van der Waals surface area contributed by atoms with Crippen molar-refractivity contribution in [2.75, 3.05) is 19.8 Å². The first kappa shape index (κ1) is 72.3. The highest BCUT2D eigenvalue weighted by Crippen LogP contribution is 2.30. The summed E-state index contributed by atoms with van der Waals surface area (Å²) in [5, 5.41) is 87.3. The van der Waals surface area contributed by atoms with Gasteiger partial charge in [-0.2, -0.15) is 0 Å². The van der Waals surface area contributed by atoms with Crippen LogP contribution in [0.15, 0.2) is 36.5 Å². The van der Waals surface area contributed by atoms with Gasteiger partial charge in [0.1, 0.15) is 48.8 Å². The molecule has 1 amide bonds. The van der Waals surface area contributed by atoms with Gasteiger partial charge in [-0.3, -0.25) is 4.79 Å². The lowest BCUT2D eigenvalue weighted by Crippen LogP contribution is -2.65. The lowest BCUT2D eigenvalue weighted by molar-refractivity contribution is -0.359. The van der Waals surface area contributed by atoms with Crippen LogP contribution in [0.25, 0.3) is 0 Å². The van der Waals surface area contributed by atoms with Gasteiger partial charge in [0.2, 0.25) is 5.91 Å². The zero-order valence-electron chi connectivity index (χ0n) is 49.4. The standard InChI is InChI=1S/C64H119NO13/c1-3-5-7-9-11-13-15-17-18-19-20-21-22-23-24-25-26-27-28-29-30-31-32-33-34-36-38-40-42-44-46-48-56(69)65-52(53(68)47-45-43-41-39-37-35-16-14-12-10-8-6-4-2)51-75-63-61(74)59(72)62(55(50-67)77-63)78-64-60(73)58(71)57(70)54(49-66)76-64/h15,17,19-20,22-23,52-55,57-64,66-68,70-74H,3-14,16,18,21,24-51H2,1-2H3,(H,65,69)/b17-15-,20-19-,23-22-. The number of nitrogens with one attached hydrogen (secondary N) is 1. The average Bonchev–Trinajstić information content (AvgIpc) is 3.47. The van der Waals surface area contributed by atoms with E-state index in [4.69, 9.17) is 18.9 Å². The molecule has 458 valence electrons. The lowest BCUT2D eigenvalue weighted by atomic mass is 9.97. The predicted octanol–water partition coefficient (Wildman–Crippen LogP) is 11.8. The maximum Gasteiger partial charge on any atom is 0.220 e. The number of allylic oxidation sites excluding steroid dienone is 6. The number of aliphatic hydroxyl groups is 8. The Balaban J connectivity index is 1.64. The summed E-state index contributed by atoms with van der Waals surface area (Å²) < 4.78 is 22.8. The fraction of sp³-hybridized carbons (Fsp3) is 0.891. The Morgan fingerprint density at radius 3 is 1.29 bits per heavy atom. The molecule has 12 unspecified atom stereocenters. The second-order valence-corrected chi connectivity index (χ2v) is 22.9. The Hall–Kier alpha value is -1.79. The number of unbranched alkanes of at least 4 members (excludes halogenated alkanes) is 33. The van der Waals surface area contributed by atoms with Crippen molar-refractivity contribution in [3.63, 3.8) is 0 Å². The fourth-order valence-electron chi connectivity index (χ4n) is 10.7. The Morgan fingerprint density at radius 1 is 0.462 bits per heavy atom. The maximum atomic E-state index is 13.3. The molecule has 9 N–H and O–H groups in total. The van der Waals surface area contributed by atoms with E-state index < -0.39 is 86.8 Å². The first-order valence-electron chi connectivity index (χ1n) is 32.2. The Bertz CT molecular complexity index is 1450. The van der Waals surface area contributed by atoms with E-state index in [0.717, 1.165) is 64.2 Å². The first-order chi connectivity index (χ1) is 38.1. The molecule has 2 heterocycles. The molecule has 0 aromatic heterocycles. The third-order valence-electron chi connectivity index (χ3n) is 15.9. The molecule has 14 heteroatoms. The maximum absolute atomic E-state index is 13.3. The van der Waals surface area contributed by atoms with Crippen LogP contribution in [-0.2, 0) is 23.7 Å². The van der Waals surface area contributed by atoms with Gasteiger partial charge in [-0.1, -0.05) is 249 Å². The van der Waals surface area contributed by atoms with Crippen LogP contribution < -0.4 is 5.32 Å². The van der Waals surface area contributed by atoms with Crippen LogP contribution in [0.2, 0.25) is 0 Å². The monoisotopic (exact) mass is 1110 g/mol. The number of hydrogen-bond acceptors (Lipinski definition) is 13. The molecule has 0 aliphatic carbocycles. The molecule has 0 spiro atoms. The van der Waals surface area contributed by atoms with E-state index in [1.165, 1.54) is 180 Å². The first-order valence-corrected chi connectivity index (χ1v) is 32.2.